The molecule has 1 N–H and O–H groups in total. The molecule has 7 heteroatoms. The first-order valence-electron chi connectivity index (χ1n) is 5.05. The van der Waals surface area contributed by atoms with Crippen molar-refractivity contribution in [1.29, 1.82) is 0 Å². The van der Waals surface area contributed by atoms with Crippen LogP contribution in [0.15, 0.2) is 18.2 Å². The molecule has 0 saturated carbocycles. The summed E-state index contributed by atoms with van der Waals surface area (Å²) in [6.45, 7) is 1.96. The van der Waals surface area contributed by atoms with Crippen LogP contribution in [0.2, 0.25) is 0 Å². The molecule has 18 heavy (non-hydrogen) atoms. The van der Waals surface area contributed by atoms with Crippen molar-refractivity contribution in [1.82, 2.24) is 0 Å². The molecule has 0 amide bonds. The zero-order valence-corrected chi connectivity index (χ0v) is 9.45. The first kappa shape index (κ1) is 14.1. The second-order valence-corrected chi connectivity index (χ2v) is 3.32. The molecule has 0 bridgehead atoms. The summed E-state index contributed by atoms with van der Waals surface area (Å²) in [5, 5.41) is 8.59. The monoisotopic (exact) mass is 264 g/mol. The molecule has 0 saturated heterocycles. The lowest BCUT2D eigenvalue weighted by molar-refractivity contribution is -0.275. The van der Waals surface area contributed by atoms with Gasteiger partial charge in [-0.15, -0.1) is 13.2 Å². The molecule has 0 aliphatic rings. The zero-order valence-electron chi connectivity index (χ0n) is 9.45. The van der Waals surface area contributed by atoms with Crippen LogP contribution in [0.4, 0.5) is 13.2 Å². The molecule has 1 rings (SSSR count). The number of carboxylic acid groups (broad SMARTS) is 1. The molecule has 1 aromatic rings. The molecule has 0 radical (unpaired) electrons. The van der Waals surface area contributed by atoms with Gasteiger partial charge in [-0.25, -0.2) is 0 Å². The quantitative estimate of drug-likeness (QED) is 0.888. The number of carbonyl (C=O) groups is 1. The van der Waals surface area contributed by atoms with Gasteiger partial charge in [-0.2, -0.15) is 0 Å². The van der Waals surface area contributed by atoms with Crippen LogP contribution in [-0.4, -0.2) is 24.0 Å². The Kier molecular flexibility index (Phi) is 4.41. The Hall–Kier alpha value is -1.92. The van der Waals surface area contributed by atoms with E-state index >= 15 is 0 Å². The van der Waals surface area contributed by atoms with Gasteiger partial charge in [0.25, 0.3) is 0 Å². The number of halogens is 3. The minimum Gasteiger partial charge on any atom is -0.494 e. The Morgan fingerprint density at radius 2 is 2.06 bits per heavy atom. The number of ether oxygens (including phenoxy) is 2. The molecule has 0 fully saturated rings. The third-order valence-electron chi connectivity index (χ3n) is 1.92. The molecule has 0 aliphatic heterocycles. The first-order chi connectivity index (χ1) is 8.31. The molecule has 100 valence electrons. The van der Waals surface area contributed by atoms with Crippen LogP contribution in [0.1, 0.15) is 12.5 Å². The summed E-state index contributed by atoms with van der Waals surface area (Å²) >= 11 is 0. The number of rotatable bonds is 5. The Morgan fingerprint density at radius 1 is 1.39 bits per heavy atom. The van der Waals surface area contributed by atoms with E-state index in [-0.39, 0.29) is 17.9 Å². The molecule has 4 nitrogen and oxygen atoms in total. The van der Waals surface area contributed by atoms with Crippen LogP contribution in [0.3, 0.4) is 0 Å². The Morgan fingerprint density at radius 3 is 2.56 bits per heavy atom. The van der Waals surface area contributed by atoms with Gasteiger partial charge in [-0.05, 0) is 13.0 Å². The van der Waals surface area contributed by atoms with Crippen molar-refractivity contribution in [2.24, 2.45) is 0 Å². The van der Waals surface area contributed by atoms with Crippen molar-refractivity contribution in [3.8, 4) is 11.5 Å². The average molecular weight is 264 g/mol. The van der Waals surface area contributed by atoms with Gasteiger partial charge in [0.15, 0.2) is 0 Å². The SMILES string of the molecule is CCOc1ccc(CC(=O)O)c(OC(F)(F)F)c1. The van der Waals surface area contributed by atoms with E-state index in [0.29, 0.717) is 0 Å². The van der Waals surface area contributed by atoms with Crippen LogP contribution in [0.25, 0.3) is 0 Å². The summed E-state index contributed by atoms with van der Waals surface area (Å²) in [6, 6.07) is 3.65. The molecule has 0 unspecified atom stereocenters. The van der Waals surface area contributed by atoms with E-state index in [1.807, 2.05) is 0 Å². The van der Waals surface area contributed by atoms with E-state index in [1.54, 1.807) is 6.92 Å². The van der Waals surface area contributed by atoms with Gasteiger partial charge in [-0.1, -0.05) is 6.07 Å². The average Bonchev–Trinajstić information content (AvgIpc) is 2.19. The van der Waals surface area contributed by atoms with E-state index < -0.39 is 24.5 Å². The summed E-state index contributed by atoms with van der Waals surface area (Å²) in [7, 11) is 0. The topological polar surface area (TPSA) is 55.8 Å². The van der Waals surface area contributed by atoms with Crippen LogP contribution in [0, 0.1) is 0 Å². The highest BCUT2D eigenvalue weighted by atomic mass is 19.4. The summed E-state index contributed by atoms with van der Waals surface area (Å²) in [4.78, 5) is 10.5. The largest absolute Gasteiger partial charge is 0.573 e. The summed E-state index contributed by atoms with van der Waals surface area (Å²) in [6.07, 6.45) is -5.43. The minimum absolute atomic E-state index is 0.0664. The van der Waals surface area contributed by atoms with Crippen LogP contribution < -0.4 is 9.47 Å². The smallest absolute Gasteiger partial charge is 0.494 e. The van der Waals surface area contributed by atoms with E-state index in [9.17, 15) is 18.0 Å². The van der Waals surface area contributed by atoms with Gasteiger partial charge in [0.1, 0.15) is 11.5 Å². The van der Waals surface area contributed by atoms with E-state index in [0.717, 1.165) is 6.07 Å². The second kappa shape index (κ2) is 5.61. The standard InChI is InChI=1S/C11H11F3O4/c1-2-17-8-4-3-7(5-10(15)16)9(6-8)18-11(12,13)14/h3-4,6H,2,5H2,1H3,(H,15,16). The van der Waals surface area contributed by atoms with E-state index in [2.05, 4.69) is 4.74 Å². The molecule has 0 aromatic heterocycles. The highest BCUT2D eigenvalue weighted by molar-refractivity contribution is 5.71. The Bertz CT molecular complexity index is 429. The first-order valence-corrected chi connectivity index (χ1v) is 5.05. The predicted octanol–water partition coefficient (Wildman–Crippen LogP) is 2.61. The zero-order chi connectivity index (χ0) is 13.8. The van der Waals surface area contributed by atoms with Gasteiger partial charge < -0.3 is 14.6 Å². The summed E-state index contributed by atoms with van der Waals surface area (Å²) in [5.41, 5.74) is -0.0664. The van der Waals surface area contributed by atoms with Crippen molar-refractivity contribution in [2.75, 3.05) is 6.61 Å². The predicted molar refractivity (Wildman–Crippen MR) is 55.6 cm³/mol. The Balaban J connectivity index is 3.05. The van der Waals surface area contributed by atoms with Crippen LogP contribution >= 0.6 is 0 Å². The normalized spacial score (nSPS) is 11.1. The molecule has 0 heterocycles. The van der Waals surface area contributed by atoms with Gasteiger partial charge >= 0.3 is 12.3 Å². The number of hydrogen-bond donors (Lipinski definition) is 1. The summed E-state index contributed by atoms with van der Waals surface area (Å²) in [5.74, 6) is -1.62. The van der Waals surface area contributed by atoms with Crippen LogP contribution in [-0.2, 0) is 11.2 Å². The van der Waals surface area contributed by atoms with Crippen molar-refractivity contribution in [3.63, 3.8) is 0 Å². The fourth-order valence-corrected chi connectivity index (χ4v) is 1.32. The third kappa shape index (κ3) is 4.52. The molecule has 0 aliphatic carbocycles. The maximum Gasteiger partial charge on any atom is 0.573 e. The fraction of sp³-hybridized carbons (Fsp3) is 0.364. The van der Waals surface area contributed by atoms with Gasteiger partial charge in [0, 0.05) is 11.6 Å². The van der Waals surface area contributed by atoms with Crippen molar-refractivity contribution in [3.05, 3.63) is 23.8 Å². The lowest BCUT2D eigenvalue weighted by Gasteiger charge is -2.14. The van der Waals surface area contributed by atoms with Crippen LogP contribution in [0.5, 0.6) is 11.5 Å². The van der Waals surface area contributed by atoms with E-state index in [4.69, 9.17) is 9.84 Å². The molecular formula is C11H11F3O4. The number of alkyl halides is 3. The van der Waals surface area contributed by atoms with Gasteiger partial charge in [0.05, 0.1) is 13.0 Å². The van der Waals surface area contributed by atoms with Gasteiger partial charge in [-0.3, -0.25) is 4.79 Å². The van der Waals surface area contributed by atoms with Crippen molar-refractivity contribution in [2.45, 2.75) is 19.7 Å². The fourth-order valence-electron chi connectivity index (χ4n) is 1.32. The minimum atomic E-state index is -4.88. The highest BCUT2D eigenvalue weighted by Crippen LogP contribution is 2.30. The highest BCUT2D eigenvalue weighted by Gasteiger charge is 2.32. The molecule has 0 atom stereocenters. The van der Waals surface area contributed by atoms with Gasteiger partial charge in [0.2, 0.25) is 0 Å². The molecular weight excluding hydrogens is 253 g/mol. The lowest BCUT2D eigenvalue weighted by atomic mass is 10.1. The lowest BCUT2D eigenvalue weighted by Crippen LogP contribution is -2.18. The van der Waals surface area contributed by atoms with E-state index in [1.165, 1.54) is 12.1 Å². The number of carboxylic acids is 1. The maximum atomic E-state index is 12.2. The number of hydrogen-bond acceptors (Lipinski definition) is 3. The molecule has 0 spiro atoms. The molecule has 1 aromatic carbocycles. The summed E-state index contributed by atoms with van der Waals surface area (Å²) < 4.78 is 45.3. The second-order valence-electron chi connectivity index (χ2n) is 3.32. The van der Waals surface area contributed by atoms with Crippen molar-refractivity contribution >= 4 is 5.97 Å². The van der Waals surface area contributed by atoms with Crippen molar-refractivity contribution < 1.29 is 32.5 Å². The number of aliphatic carboxylic acids is 1. The maximum absolute atomic E-state index is 12.2. The number of benzene rings is 1. The Labute approximate surface area is 101 Å². The third-order valence-corrected chi connectivity index (χ3v) is 1.92.